The van der Waals surface area contributed by atoms with Crippen LogP contribution in [0.4, 0.5) is 15.9 Å². The summed E-state index contributed by atoms with van der Waals surface area (Å²) in [5.41, 5.74) is 2.23. The van der Waals surface area contributed by atoms with Crippen molar-refractivity contribution in [2.45, 2.75) is 45.2 Å². The lowest BCUT2D eigenvalue weighted by atomic mass is 10.2. The Balaban J connectivity index is 0.00000289. The number of nitrogens with one attached hydrogen (secondary N) is 2. The van der Waals surface area contributed by atoms with Gasteiger partial charge in [0.05, 0.1) is 6.54 Å². The highest BCUT2D eigenvalue weighted by Crippen LogP contribution is 2.21. The van der Waals surface area contributed by atoms with Crippen molar-refractivity contribution in [2.24, 2.45) is 4.99 Å². The third kappa shape index (κ3) is 6.70. The first-order valence-corrected chi connectivity index (χ1v) is 11.5. The third-order valence-corrected chi connectivity index (χ3v) is 6.07. The van der Waals surface area contributed by atoms with Crippen LogP contribution < -0.4 is 20.4 Å². The van der Waals surface area contributed by atoms with Gasteiger partial charge in [0.1, 0.15) is 11.6 Å². The molecular weight excluding hydrogens is 518 g/mol. The molecule has 4 rings (SSSR count). The van der Waals surface area contributed by atoms with Crippen LogP contribution in [0.25, 0.3) is 0 Å². The number of guanidine groups is 1. The highest BCUT2D eigenvalue weighted by atomic mass is 127. The first-order valence-electron chi connectivity index (χ1n) is 11.5. The maximum Gasteiger partial charge on any atom is 0.191 e. The van der Waals surface area contributed by atoms with Gasteiger partial charge in [-0.05, 0) is 61.7 Å². The van der Waals surface area contributed by atoms with E-state index in [1.807, 2.05) is 24.4 Å². The summed E-state index contributed by atoms with van der Waals surface area (Å²) in [6.45, 7) is 7.16. The molecule has 2 N–H and O–H groups in total. The number of aromatic nitrogens is 1. The standard InChI is InChI=1S/C24H33FN6.HI/c1-2-26-24(29-21-5-3-4-6-21)28-18-19-11-12-27-23(17-19)31-15-13-30(14-16-31)22-9-7-20(25)8-10-22;/h7-12,17,21H,2-6,13-16,18H2,1H3,(H2,26,28,29);1H. The van der Waals surface area contributed by atoms with Gasteiger partial charge in [-0.3, -0.25) is 0 Å². The largest absolute Gasteiger partial charge is 0.368 e. The number of anilines is 2. The van der Waals surface area contributed by atoms with Crippen molar-refractivity contribution < 1.29 is 4.39 Å². The summed E-state index contributed by atoms with van der Waals surface area (Å²) in [7, 11) is 0. The number of hydrogen-bond donors (Lipinski definition) is 2. The second-order valence-electron chi connectivity index (χ2n) is 8.29. The summed E-state index contributed by atoms with van der Waals surface area (Å²) in [5.74, 6) is 1.71. The molecule has 0 amide bonds. The average Bonchev–Trinajstić information content (AvgIpc) is 3.32. The van der Waals surface area contributed by atoms with E-state index >= 15 is 0 Å². The van der Waals surface area contributed by atoms with Crippen molar-refractivity contribution in [1.29, 1.82) is 0 Å². The molecule has 0 radical (unpaired) electrons. The molecule has 1 saturated carbocycles. The van der Waals surface area contributed by atoms with Crippen molar-refractivity contribution in [3.8, 4) is 0 Å². The molecule has 1 aromatic heterocycles. The van der Waals surface area contributed by atoms with E-state index in [-0.39, 0.29) is 29.8 Å². The predicted octanol–water partition coefficient (Wildman–Crippen LogP) is 4.16. The highest BCUT2D eigenvalue weighted by Gasteiger charge is 2.19. The van der Waals surface area contributed by atoms with E-state index in [9.17, 15) is 4.39 Å². The summed E-state index contributed by atoms with van der Waals surface area (Å²) in [6.07, 6.45) is 6.95. The first-order chi connectivity index (χ1) is 15.2. The number of rotatable bonds is 6. The second-order valence-corrected chi connectivity index (χ2v) is 8.29. The maximum absolute atomic E-state index is 13.2. The van der Waals surface area contributed by atoms with Crippen molar-refractivity contribution in [3.05, 3.63) is 54.0 Å². The molecule has 174 valence electrons. The Hall–Kier alpha value is -2.10. The van der Waals surface area contributed by atoms with Crippen molar-refractivity contribution in [2.75, 3.05) is 42.5 Å². The molecule has 2 fully saturated rings. The first kappa shape index (κ1) is 24.5. The lowest BCUT2D eigenvalue weighted by Gasteiger charge is -2.36. The summed E-state index contributed by atoms with van der Waals surface area (Å²) in [4.78, 5) is 14.0. The van der Waals surface area contributed by atoms with Crippen molar-refractivity contribution >= 4 is 41.4 Å². The fraction of sp³-hybridized carbons (Fsp3) is 0.500. The van der Waals surface area contributed by atoms with Gasteiger partial charge in [0.15, 0.2) is 5.96 Å². The summed E-state index contributed by atoms with van der Waals surface area (Å²) in [6, 6.07) is 11.5. The van der Waals surface area contributed by atoms with Gasteiger partial charge >= 0.3 is 0 Å². The van der Waals surface area contributed by atoms with E-state index in [0.717, 1.165) is 55.8 Å². The van der Waals surface area contributed by atoms with Crippen molar-refractivity contribution in [3.63, 3.8) is 0 Å². The zero-order valence-electron chi connectivity index (χ0n) is 18.8. The van der Waals surface area contributed by atoms with Gasteiger partial charge in [0.2, 0.25) is 0 Å². The zero-order chi connectivity index (χ0) is 21.5. The molecule has 0 bridgehead atoms. The molecule has 0 unspecified atom stereocenters. The fourth-order valence-electron chi connectivity index (χ4n) is 4.33. The van der Waals surface area contributed by atoms with Gasteiger partial charge < -0.3 is 20.4 Å². The Bertz CT molecular complexity index is 861. The molecule has 2 heterocycles. The van der Waals surface area contributed by atoms with Crippen LogP contribution in [0, 0.1) is 5.82 Å². The fourth-order valence-corrected chi connectivity index (χ4v) is 4.33. The SMILES string of the molecule is CCNC(=NCc1ccnc(N2CCN(c3ccc(F)cc3)CC2)c1)NC1CCCC1.I. The van der Waals surface area contributed by atoms with E-state index in [1.165, 1.54) is 37.8 Å². The topological polar surface area (TPSA) is 55.8 Å². The average molecular weight is 552 g/mol. The normalized spacial score (nSPS) is 17.2. The molecular formula is C24H34FIN6. The number of halogens is 2. The monoisotopic (exact) mass is 552 g/mol. The number of pyridine rings is 1. The van der Waals surface area contributed by atoms with E-state index in [4.69, 9.17) is 4.99 Å². The van der Waals surface area contributed by atoms with Crippen LogP contribution in [-0.4, -0.2) is 49.7 Å². The van der Waals surface area contributed by atoms with Crippen LogP contribution in [0.1, 0.15) is 38.2 Å². The molecule has 1 saturated heterocycles. The number of aliphatic imine (C=N–C) groups is 1. The zero-order valence-corrected chi connectivity index (χ0v) is 21.1. The predicted molar refractivity (Wildman–Crippen MR) is 141 cm³/mol. The van der Waals surface area contributed by atoms with E-state index in [2.05, 4.69) is 38.4 Å². The van der Waals surface area contributed by atoms with Gasteiger partial charge in [0, 0.05) is 50.6 Å². The molecule has 0 atom stereocenters. The van der Waals surface area contributed by atoms with Gasteiger partial charge in [-0.2, -0.15) is 0 Å². The Kier molecular flexibility index (Phi) is 9.37. The molecule has 6 nitrogen and oxygen atoms in total. The van der Waals surface area contributed by atoms with E-state index in [1.54, 1.807) is 0 Å². The van der Waals surface area contributed by atoms with E-state index < -0.39 is 0 Å². The van der Waals surface area contributed by atoms with Gasteiger partial charge in [-0.15, -0.1) is 24.0 Å². The summed E-state index contributed by atoms with van der Waals surface area (Å²) in [5, 5.41) is 6.94. The number of hydrogen-bond acceptors (Lipinski definition) is 4. The molecule has 1 aliphatic heterocycles. The molecule has 1 aliphatic carbocycles. The van der Waals surface area contributed by atoms with Gasteiger partial charge in [-0.25, -0.2) is 14.4 Å². The minimum atomic E-state index is -0.193. The number of piperazine rings is 1. The van der Waals surface area contributed by atoms with Crippen molar-refractivity contribution in [1.82, 2.24) is 15.6 Å². The Morgan fingerprint density at radius 3 is 2.44 bits per heavy atom. The molecule has 32 heavy (non-hydrogen) atoms. The summed E-state index contributed by atoms with van der Waals surface area (Å²) >= 11 is 0. The molecule has 0 spiro atoms. The Labute approximate surface area is 207 Å². The van der Waals surface area contributed by atoms with Crippen LogP contribution in [0.3, 0.4) is 0 Å². The minimum Gasteiger partial charge on any atom is -0.368 e. The number of nitrogens with zero attached hydrogens (tertiary/aromatic N) is 4. The molecule has 2 aliphatic rings. The second kappa shape index (κ2) is 12.2. The van der Waals surface area contributed by atoms with E-state index in [0.29, 0.717) is 12.6 Å². The highest BCUT2D eigenvalue weighted by molar-refractivity contribution is 14.0. The molecule has 1 aromatic carbocycles. The lowest BCUT2D eigenvalue weighted by Crippen LogP contribution is -2.46. The minimum absolute atomic E-state index is 0. The van der Waals surface area contributed by atoms with Crippen LogP contribution in [0.15, 0.2) is 47.6 Å². The van der Waals surface area contributed by atoms with Gasteiger partial charge in [-0.1, -0.05) is 12.8 Å². The smallest absolute Gasteiger partial charge is 0.191 e. The van der Waals surface area contributed by atoms with Gasteiger partial charge in [0.25, 0.3) is 0 Å². The lowest BCUT2D eigenvalue weighted by molar-refractivity contribution is 0.613. The summed E-state index contributed by atoms with van der Waals surface area (Å²) < 4.78 is 13.2. The molecule has 8 heteroatoms. The Morgan fingerprint density at radius 2 is 1.75 bits per heavy atom. The van der Waals surface area contributed by atoms with Crippen LogP contribution in [-0.2, 0) is 6.54 Å². The Morgan fingerprint density at radius 1 is 1.06 bits per heavy atom. The van der Waals surface area contributed by atoms with Crippen LogP contribution >= 0.6 is 24.0 Å². The third-order valence-electron chi connectivity index (χ3n) is 6.07. The number of benzene rings is 1. The quantitative estimate of drug-likeness (QED) is 0.320. The van der Waals surface area contributed by atoms with Crippen LogP contribution in [0.5, 0.6) is 0 Å². The maximum atomic E-state index is 13.2. The molecule has 2 aromatic rings. The van der Waals surface area contributed by atoms with Crippen LogP contribution in [0.2, 0.25) is 0 Å².